The fourth-order valence-corrected chi connectivity index (χ4v) is 4.06. The van der Waals surface area contributed by atoms with Crippen LogP contribution >= 0.6 is 0 Å². The summed E-state index contributed by atoms with van der Waals surface area (Å²) in [6.07, 6.45) is 1.65. The Morgan fingerprint density at radius 2 is 1.92 bits per heavy atom. The number of anilines is 1. The van der Waals surface area contributed by atoms with Gasteiger partial charge in [-0.2, -0.15) is 0 Å². The van der Waals surface area contributed by atoms with Crippen LogP contribution in [0.4, 0.5) is 10.1 Å². The molecule has 2 aromatic heterocycles. The molecule has 7 heteroatoms. The predicted molar refractivity (Wildman–Crippen MR) is 97.4 cm³/mol. The van der Waals surface area contributed by atoms with Crippen molar-refractivity contribution in [2.24, 2.45) is 7.05 Å². The SMILES string of the molecule is Cn1c2c(c(=O)c3cc(F)c(N4CCNCC4)cc31)C(=O)n1cccc1-2. The Kier molecular flexibility index (Phi) is 3.12. The van der Waals surface area contributed by atoms with Crippen molar-refractivity contribution in [2.45, 2.75) is 0 Å². The van der Waals surface area contributed by atoms with E-state index >= 15 is 0 Å². The van der Waals surface area contributed by atoms with Crippen molar-refractivity contribution in [3.05, 3.63) is 52.1 Å². The van der Waals surface area contributed by atoms with Crippen LogP contribution in [-0.4, -0.2) is 41.2 Å². The van der Waals surface area contributed by atoms with Gasteiger partial charge in [0, 0.05) is 44.8 Å². The fourth-order valence-electron chi connectivity index (χ4n) is 4.06. The van der Waals surface area contributed by atoms with Crippen molar-refractivity contribution >= 4 is 22.5 Å². The summed E-state index contributed by atoms with van der Waals surface area (Å²) in [7, 11) is 1.82. The summed E-state index contributed by atoms with van der Waals surface area (Å²) in [5.74, 6) is -0.782. The van der Waals surface area contributed by atoms with Gasteiger partial charge in [0.05, 0.1) is 22.6 Å². The standard InChI is InChI=1S/C19H17FN4O2/c1-22-14-10-15(23-7-4-21-5-8-23)12(20)9-11(14)18(25)16-17(22)13-3-2-6-24(13)19(16)26/h2-3,6,9-10,21H,4-5,7-8H2,1H3. The lowest BCUT2D eigenvalue weighted by Crippen LogP contribution is -2.43. The molecule has 0 atom stereocenters. The number of aryl methyl sites for hydroxylation is 1. The van der Waals surface area contributed by atoms with Crippen LogP contribution in [-0.2, 0) is 7.05 Å². The van der Waals surface area contributed by atoms with Gasteiger partial charge in [-0.1, -0.05) is 0 Å². The van der Waals surface area contributed by atoms with Crippen molar-refractivity contribution in [1.29, 1.82) is 0 Å². The zero-order chi connectivity index (χ0) is 18.0. The molecule has 5 rings (SSSR count). The molecule has 2 aliphatic rings. The van der Waals surface area contributed by atoms with E-state index in [1.54, 1.807) is 18.3 Å². The van der Waals surface area contributed by atoms with Gasteiger partial charge in [-0.15, -0.1) is 0 Å². The van der Waals surface area contributed by atoms with Gasteiger partial charge >= 0.3 is 0 Å². The highest BCUT2D eigenvalue weighted by molar-refractivity contribution is 6.10. The fraction of sp³-hybridized carbons (Fsp3) is 0.263. The zero-order valence-corrected chi connectivity index (χ0v) is 14.3. The molecule has 0 amide bonds. The number of carbonyl (C=O) groups is 1. The number of hydrogen-bond donors (Lipinski definition) is 1. The van der Waals surface area contributed by atoms with Gasteiger partial charge in [0.1, 0.15) is 11.4 Å². The van der Waals surface area contributed by atoms with Crippen LogP contribution in [0.25, 0.3) is 22.3 Å². The molecule has 2 aliphatic heterocycles. The summed E-state index contributed by atoms with van der Waals surface area (Å²) >= 11 is 0. The van der Waals surface area contributed by atoms with Crippen LogP contribution in [0.2, 0.25) is 0 Å². The molecule has 0 spiro atoms. The molecule has 1 fully saturated rings. The highest BCUT2D eigenvalue weighted by atomic mass is 19.1. The predicted octanol–water partition coefficient (Wildman–Crippen LogP) is 1.56. The van der Waals surface area contributed by atoms with Gasteiger partial charge in [-0.3, -0.25) is 14.2 Å². The Labute approximate surface area is 148 Å². The second kappa shape index (κ2) is 5.28. The third-order valence-corrected chi connectivity index (χ3v) is 5.35. The summed E-state index contributed by atoms with van der Waals surface area (Å²) < 4.78 is 18.1. The first kappa shape index (κ1) is 15.3. The number of halogens is 1. The van der Waals surface area contributed by atoms with Crippen LogP contribution in [0.1, 0.15) is 10.4 Å². The van der Waals surface area contributed by atoms with Crippen molar-refractivity contribution in [2.75, 3.05) is 31.1 Å². The van der Waals surface area contributed by atoms with Gasteiger partial charge in [-0.05, 0) is 24.3 Å². The number of piperazine rings is 1. The lowest BCUT2D eigenvalue weighted by Gasteiger charge is -2.30. The Bertz CT molecular complexity index is 1140. The van der Waals surface area contributed by atoms with Crippen molar-refractivity contribution in [1.82, 2.24) is 14.5 Å². The molecule has 1 saturated heterocycles. The van der Waals surface area contributed by atoms with Crippen molar-refractivity contribution < 1.29 is 9.18 Å². The van der Waals surface area contributed by atoms with E-state index in [2.05, 4.69) is 5.32 Å². The molecule has 4 heterocycles. The largest absolute Gasteiger partial charge is 0.367 e. The zero-order valence-electron chi connectivity index (χ0n) is 14.3. The Hall–Kier alpha value is -2.93. The number of nitrogens with one attached hydrogen (secondary N) is 1. The Balaban J connectivity index is 1.82. The molecule has 6 nitrogen and oxygen atoms in total. The second-order valence-corrected chi connectivity index (χ2v) is 6.74. The molecule has 0 unspecified atom stereocenters. The number of pyridine rings is 1. The summed E-state index contributed by atoms with van der Waals surface area (Å²) in [4.78, 5) is 27.5. The summed E-state index contributed by atoms with van der Waals surface area (Å²) in [6, 6.07) is 6.60. The van der Waals surface area contributed by atoms with E-state index in [4.69, 9.17) is 0 Å². The summed E-state index contributed by atoms with van der Waals surface area (Å²) in [6.45, 7) is 3.01. The van der Waals surface area contributed by atoms with E-state index < -0.39 is 11.2 Å². The number of hydrogen-bond acceptors (Lipinski definition) is 4. The molecule has 1 N–H and O–H groups in total. The molecule has 132 valence electrons. The van der Waals surface area contributed by atoms with Gasteiger partial charge in [0.25, 0.3) is 5.91 Å². The number of aromatic nitrogens is 2. The van der Waals surface area contributed by atoms with Crippen LogP contribution < -0.4 is 15.6 Å². The van der Waals surface area contributed by atoms with Crippen LogP contribution in [0.15, 0.2) is 35.3 Å². The van der Waals surface area contributed by atoms with E-state index in [0.717, 1.165) is 13.1 Å². The monoisotopic (exact) mass is 352 g/mol. The maximum absolute atomic E-state index is 14.8. The third-order valence-electron chi connectivity index (χ3n) is 5.35. The highest BCUT2D eigenvalue weighted by Crippen LogP contribution is 2.34. The molecule has 0 aliphatic carbocycles. The number of rotatable bonds is 1. The number of benzene rings is 1. The molecule has 26 heavy (non-hydrogen) atoms. The lowest BCUT2D eigenvalue weighted by atomic mass is 10.1. The average molecular weight is 352 g/mol. The van der Waals surface area contributed by atoms with E-state index in [1.165, 1.54) is 10.6 Å². The lowest BCUT2D eigenvalue weighted by molar-refractivity contribution is 0.0968. The highest BCUT2D eigenvalue weighted by Gasteiger charge is 2.32. The first-order valence-corrected chi connectivity index (χ1v) is 8.62. The molecule has 1 aromatic carbocycles. The Morgan fingerprint density at radius 3 is 2.69 bits per heavy atom. The maximum atomic E-state index is 14.8. The molecule has 0 saturated carbocycles. The van der Waals surface area contributed by atoms with Crippen LogP contribution in [0, 0.1) is 5.82 Å². The number of carbonyl (C=O) groups excluding carboxylic acids is 1. The van der Waals surface area contributed by atoms with E-state index in [-0.39, 0.29) is 16.9 Å². The summed E-state index contributed by atoms with van der Waals surface area (Å²) in [5, 5.41) is 3.49. The first-order valence-electron chi connectivity index (χ1n) is 8.62. The maximum Gasteiger partial charge on any atom is 0.268 e. The van der Waals surface area contributed by atoms with Gasteiger partial charge in [0.15, 0.2) is 0 Å². The molecule has 0 radical (unpaired) electrons. The number of fused-ring (bicyclic) bond motifs is 4. The van der Waals surface area contributed by atoms with Gasteiger partial charge in [-0.25, -0.2) is 4.39 Å². The van der Waals surface area contributed by atoms with Crippen LogP contribution in [0.5, 0.6) is 0 Å². The van der Waals surface area contributed by atoms with Gasteiger partial charge < -0.3 is 14.8 Å². The topological polar surface area (TPSA) is 59.3 Å². The van der Waals surface area contributed by atoms with Gasteiger partial charge in [0.2, 0.25) is 5.43 Å². The minimum Gasteiger partial charge on any atom is -0.367 e. The van der Waals surface area contributed by atoms with Crippen molar-refractivity contribution in [3.8, 4) is 11.4 Å². The molecule has 0 bridgehead atoms. The average Bonchev–Trinajstić information content (AvgIpc) is 3.23. The molecule has 3 aromatic rings. The van der Waals surface area contributed by atoms with E-state index in [1.807, 2.05) is 22.6 Å². The second-order valence-electron chi connectivity index (χ2n) is 6.74. The number of nitrogens with zero attached hydrogens (tertiary/aromatic N) is 3. The Morgan fingerprint density at radius 1 is 1.15 bits per heavy atom. The quantitative estimate of drug-likeness (QED) is 0.565. The molecular formula is C19H17FN4O2. The summed E-state index contributed by atoms with van der Waals surface area (Å²) in [5.41, 5.74) is 2.12. The van der Waals surface area contributed by atoms with E-state index in [9.17, 15) is 14.0 Å². The first-order chi connectivity index (χ1) is 12.6. The smallest absolute Gasteiger partial charge is 0.268 e. The van der Waals surface area contributed by atoms with E-state index in [0.29, 0.717) is 35.7 Å². The minimum absolute atomic E-state index is 0.116. The normalized spacial score (nSPS) is 16.2. The van der Waals surface area contributed by atoms with Crippen LogP contribution in [0.3, 0.4) is 0 Å². The molecular weight excluding hydrogens is 335 g/mol. The third kappa shape index (κ3) is 1.89. The van der Waals surface area contributed by atoms with Crippen molar-refractivity contribution in [3.63, 3.8) is 0 Å². The minimum atomic E-state index is -0.429.